The second kappa shape index (κ2) is 6.07. The SMILES string of the molecule is Cc1nc(=O)n(CCC(=O)NC2CC2)c(C)c1CC(=O)O. The van der Waals surface area contributed by atoms with E-state index in [1.165, 1.54) is 4.57 Å². The van der Waals surface area contributed by atoms with E-state index in [0.717, 1.165) is 12.8 Å². The van der Waals surface area contributed by atoms with Crippen molar-refractivity contribution in [2.75, 3.05) is 0 Å². The Balaban J connectivity index is 2.15. The highest BCUT2D eigenvalue weighted by molar-refractivity contribution is 5.76. The van der Waals surface area contributed by atoms with Crippen LogP contribution in [0.5, 0.6) is 0 Å². The van der Waals surface area contributed by atoms with Crippen molar-refractivity contribution in [3.8, 4) is 0 Å². The third kappa shape index (κ3) is 3.90. The summed E-state index contributed by atoms with van der Waals surface area (Å²) >= 11 is 0. The smallest absolute Gasteiger partial charge is 0.347 e. The molecule has 2 rings (SSSR count). The second-order valence-electron chi connectivity index (χ2n) is 5.36. The number of aliphatic carboxylic acids is 1. The summed E-state index contributed by atoms with van der Waals surface area (Å²) < 4.78 is 1.37. The molecule has 1 aliphatic carbocycles. The molecule has 7 heteroatoms. The van der Waals surface area contributed by atoms with E-state index in [2.05, 4.69) is 10.3 Å². The van der Waals surface area contributed by atoms with Crippen molar-refractivity contribution >= 4 is 11.9 Å². The standard InChI is InChI=1S/C14H19N3O4/c1-8-11(7-13(19)20)9(2)17(14(21)15-8)6-5-12(18)16-10-3-4-10/h10H,3-7H2,1-2H3,(H,16,18)(H,19,20). The van der Waals surface area contributed by atoms with Crippen molar-refractivity contribution in [3.63, 3.8) is 0 Å². The molecule has 7 nitrogen and oxygen atoms in total. The number of carbonyl (C=O) groups is 2. The predicted octanol–water partition coefficient (Wildman–Crippen LogP) is 0.156. The normalized spacial score (nSPS) is 14.0. The van der Waals surface area contributed by atoms with Gasteiger partial charge in [-0.15, -0.1) is 0 Å². The molecular formula is C14H19N3O4. The number of aromatic nitrogens is 2. The zero-order chi connectivity index (χ0) is 15.6. The molecule has 0 atom stereocenters. The van der Waals surface area contributed by atoms with Gasteiger partial charge in [-0.25, -0.2) is 4.79 Å². The lowest BCUT2D eigenvalue weighted by Crippen LogP contribution is -2.32. The van der Waals surface area contributed by atoms with Crippen molar-refractivity contribution in [1.82, 2.24) is 14.9 Å². The lowest BCUT2D eigenvalue weighted by atomic mass is 10.1. The maximum atomic E-state index is 11.9. The van der Waals surface area contributed by atoms with Crippen molar-refractivity contribution in [2.24, 2.45) is 0 Å². The number of hydrogen-bond acceptors (Lipinski definition) is 4. The summed E-state index contributed by atoms with van der Waals surface area (Å²) in [6.45, 7) is 3.52. The monoisotopic (exact) mass is 293 g/mol. The number of amides is 1. The largest absolute Gasteiger partial charge is 0.481 e. The van der Waals surface area contributed by atoms with Crippen LogP contribution in [0.15, 0.2) is 4.79 Å². The third-order valence-electron chi connectivity index (χ3n) is 3.61. The molecular weight excluding hydrogens is 274 g/mol. The van der Waals surface area contributed by atoms with E-state index in [1.807, 2.05) is 0 Å². The first-order valence-corrected chi connectivity index (χ1v) is 6.96. The van der Waals surface area contributed by atoms with Crippen LogP contribution in [0.3, 0.4) is 0 Å². The predicted molar refractivity (Wildman–Crippen MR) is 75.1 cm³/mol. The molecule has 0 bridgehead atoms. The maximum Gasteiger partial charge on any atom is 0.347 e. The summed E-state index contributed by atoms with van der Waals surface area (Å²) in [6.07, 6.45) is 2.03. The molecule has 1 amide bonds. The molecule has 0 aliphatic heterocycles. The van der Waals surface area contributed by atoms with Gasteiger partial charge in [0.1, 0.15) is 0 Å². The second-order valence-corrected chi connectivity index (χ2v) is 5.36. The van der Waals surface area contributed by atoms with Gasteiger partial charge in [-0.1, -0.05) is 0 Å². The van der Waals surface area contributed by atoms with Crippen LogP contribution in [0.1, 0.15) is 36.2 Å². The fourth-order valence-corrected chi connectivity index (χ4v) is 2.25. The molecule has 2 N–H and O–H groups in total. The van der Waals surface area contributed by atoms with Gasteiger partial charge in [0, 0.05) is 36.0 Å². The lowest BCUT2D eigenvalue weighted by Gasteiger charge is -2.14. The van der Waals surface area contributed by atoms with Crippen molar-refractivity contribution in [3.05, 3.63) is 27.4 Å². The van der Waals surface area contributed by atoms with Crippen LogP contribution in [0.25, 0.3) is 0 Å². The average molecular weight is 293 g/mol. The first-order valence-electron chi connectivity index (χ1n) is 6.96. The number of hydrogen-bond donors (Lipinski definition) is 2. The van der Waals surface area contributed by atoms with Crippen LogP contribution < -0.4 is 11.0 Å². The Morgan fingerprint density at radius 2 is 2.05 bits per heavy atom. The van der Waals surface area contributed by atoms with Crippen LogP contribution in [-0.4, -0.2) is 32.6 Å². The van der Waals surface area contributed by atoms with E-state index >= 15 is 0 Å². The minimum absolute atomic E-state index is 0.0934. The van der Waals surface area contributed by atoms with Gasteiger partial charge in [0.25, 0.3) is 0 Å². The van der Waals surface area contributed by atoms with Gasteiger partial charge in [-0.2, -0.15) is 4.98 Å². The minimum atomic E-state index is -0.973. The van der Waals surface area contributed by atoms with Crippen molar-refractivity contribution in [1.29, 1.82) is 0 Å². The number of carboxylic acids is 1. The number of carboxylic acid groups (broad SMARTS) is 1. The fraction of sp³-hybridized carbons (Fsp3) is 0.571. The number of nitrogens with zero attached hydrogens (tertiary/aromatic N) is 2. The highest BCUT2D eigenvalue weighted by Gasteiger charge is 2.23. The van der Waals surface area contributed by atoms with Crippen molar-refractivity contribution in [2.45, 2.75) is 52.1 Å². The van der Waals surface area contributed by atoms with Gasteiger partial charge < -0.3 is 10.4 Å². The molecule has 0 spiro atoms. The Bertz CT molecular complexity index is 632. The van der Waals surface area contributed by atoms with E-state index < -0.39 is 11.7 Å². The molecule has 114 valence electrons. The summed E-state index contributed by atoms with van der Waals surface area (Å²) in [6, 6.07) is 0.286. The Morgan fingerprint density at radius 3 is 2.62 bits per heavy atom. The first-order chi connectivity index (χ1) is 9.88. The summed E-state index contributed by atoms with van der Waals surface area (Å²) in [5.74, 6) is -1.07. The molecule has 0 aromatic carbocycles. The summed E-state index contributed by atoms with van der Waals surface area (Å²) in [5.41, 5.74) is 1.08. The van der Waals surface area contributed by atoms with E-state index in [9.17, 15) is 14.4 Å². The number of nitrogens with one attached hydrogen (secondary N) is 1. The van der Waals surface area contributed by atoms with Crippen LogP contribution in [0.2, 0.25) is 0 Å². The molecule has 0 unspecified atom stereocenters. The zero-order valence-corrected chi connectivity index (χ0v) is 12.2. The summed E-state index contributed by atoms with van der Waals surface area (Å²) in [5, 5.41) is 11.8. The molecule has 1 aromatic heterocycles. The van der Waals surface area contributed by atoms with Gasteiger partial charge in [-0.3, -0.25) is 14.2 Å². The number of aryl methyl sites for hydroxylation is 1. The Kier molecular flexibility index (Phi) is 4.40. The molecule has 0 radical (unpaired) electrons. The molecule has 1 fully saturated rings. The first kappa shape index (κ1) is 15.2. The van der Waals surface area contributed by atoms with E-state index in [4.69, 9.17) is 5.11 Å². The van der Waals surface area contributed by atoms with E-state index in [-0.39, 0.29) is 31.3 Å². The Hall–Kier alpha value is -2.18. The van der Waals surface area contributed by atoms with Gasteiger partial charge in [0.2, 0.25) is 5.91 Å². The molecule has 1 aromatic rings. The topological polar surface area (TPSA) is 101 Å². The van der Waals surface area contributed by atoms with E-state index in [0.29, 0.717) is 17.0 Å². The summed E-state index contributed by atoms with van der Waals surface area (Å²) in [4.78, 5) is 38.3. The molecule has 1 aliphatic rings. The number of carbonyl (C=O) groups excluding carboxylic acids is 1. The van der Waals surface area contributed by atoms with Crippen molar-refractivity contribution < 1.29 is 14.7 Å². The Labute approximate surface area is 122 Å². The van der Waals surface area contributed by atoms with Gasteiger partial charge in [-0.05, 0) is 26.7 Å². The van der Waals surface area contributed by atoms with Gasteiger partial charge >= 0.3 is 11.7 Å². The average Bonchev–Trinajstić information content (AvgIpc) is 3.17. The lowest BCUT2D eigenvalue weighted by molar-refractivity contribution is -0.136. The minimum Gasteiger partial charge on any atom is -0.481 e. The fourth-order valence-electron chi connectivity index (χ4n) is 2.25. The summed E-state index contributed by atoms with van der Waals surface area (Å²) in [7, 11) is 0. The molecule has 0 saturated heterocycles. The molecule has 1 heterocycles. The Morgan fingerprint density at radius 1 is 1.38 bits per heavy atom. The van der Waals surface area contributed by atoms with Gasteiger partial charge in [0.15, 0.2) is 0 Å². The molecule has 21 heavy (non-hydrogen) atoms. The van der Waals surface area contributed by atoms with Crippen LogP contribution in [0, 0.1) is 13.8 Å². The highest BCUT2D eigenvalue weighted by Crippen LogP contribution is 2.18. The third-order valence-corrected chi connectivity index (χ3v) is 3.61. The van der Waals surface area contributed by atoms with Crippen LogP contribution in [-0.2, 0) is 22.6 Å². The highest BCUT2D eigenvalue weighted by atomic mass is 16.4. The maximum absolute atomic E-state index is 11.9. The quantitative estimate of drug-likeness (QED) is 0.777. The van der Waals surface area contributed by atoms with Crippen LogP contribution >= 0.6 is 0 Å². The molecule has 1 saturated carbocycles. The van der Waals surface area contributed by atoms with E-state index in [1.54, 1.807) is 13.8 Å². The van der Waals surface area contributed by atoms with Gasteiger partial charge in [0.05, 0.1) is 6.42 Å². The van der Waals surface area contributed by atoms with Crippen LogP contribution in [0.4, 0.5) is 0 Å². The zero-order valence-electron chi connectivity index (χ0n) is 12.2. The number of rotatable bonds is 6.